The van der Waals surface area contributed by atoms with E-state index >= 15 is 0 Å². The van der Waals surface area contributed by atoms with E-state index in [0.717, 1.165) is 33.5 Å². The Hall–Kier alpha value is -5.05. The number of furan rings is 1. The average molecular weight is 614 g/mol. The van der Waals surface area contributed by atoms with E-state index in [-0.39, 0.29) is 24.8 Å². The van der Waals surface area contributed by atoms with Crippen molar-refractivity contribution in [3.63, 3.8) is 0 Å². The lowest BCUT2D eigenvalue weighted by atomic mass is 9.83. The van der Waals surface area contributed by atoms with Crippen molar-refractivity contribution in [1.29, 1.82) is 0 Å². The molecule has 1 N–H and O–H groups in total. The predicted octanol–water partition coefficient (Wildman–Crippen LogP) is 8.57. The molecule has 0 saturated carbocycles. The summed E-state index contributed by atoms with van der Waals surface area (Å²) in [6.07, 6.45) is -4.66. The minimum absolute atomic E-state index is 0.00325. The van der Waals surface area contributed by atoms with Crippen LogP contribution in [0.1, 0.15) is 58.5 Å². The lowest BCUT2D eigenvalue weighted by Gasteiger charge is -2.29. The number of amides is 1. The van der Waals surface area contributed by atoms with Gasteiger partial charge in [-0.2, -0.15) is 13.2 Å². The number of benzene rings is 4. The van der Waals surface area contributed by atoms with Crippen LogP contribution < -0.4 is 4.74 Å². The highest BCUT2D eigenvalue weighted by molar-refractivity contribution is 6.08. The van der Waals surface area contributed by atoms with Crippen LogP contribution in [0.15, 0.2) is 95.4 Å². The predicted molar refractivity (Wildman–Crippen MR) is 163 cm³/mol. The van der Waals surface area contributed by atoms with Crippen molar-refractivity contribution < 1.29 is 37.0 Å². The molecule has 1 aliphatic heterocycles. The third kappa shape index (κ3) is 5.54. The SMILES string of the molecule is Cc1ccc2ccccc2c1C(=O)N(Cc1ccc(C(F)(F)F)o1)C1COc2cc(-c3cccc(C(C)(C)C(=O)O)c3)ccc21. The molecular weight excluding hydrogens is 583 g/mol. The van der Waals surface area contributed by atoms with Crippen LogP contribution in [0.4, 0.5) is 13.2 Å². The van der Waals surface area contributed by atoms with Gasteiger partial charge in [0.2, 0.25) is 5.76 Å². The maximum atomic E-state index is 14.4. The summed E-state index contributed by atoms with van der Waals surface area (Å²) < 4.78 is 51.4. The molecule has 2 heterocycles. The van der Waals surface area contributed by atoms with Gasteiger partial charge in [0.15, 0.2) is 0 Å². The Balaban J connectivity index is 1.40. The molecule has 0 spiro atoms. The number of carboxylic acid groups (broad SMARTS) is 1. The van der Waals surface area contributed by atoms with E-state index in [1.54, 1.807) is 26.0 Å². The number of carboxylic acids is 1. The zero-order valence-corrected chi connectivity index (χ0v) is 24.8. The molecule has 1 amide bonds. The van der Waals surface area contributed by atoms with Crippen molar-refractivity contribution in [3.8, 4) is 16.9 Å². The summed E-state index contributed by atoms with van der Waals surface area (Å²) in [4.78, 5) is 27.8. The maximum Gasteiger partial charge on any atom is 0.449 e. The molecular formula is C36H30F3NO5. The molecule has 5 aromatic rings. The number of carbonyl (C=O) groups is 2. The highest BCUT2D eigenvalue weighted by Gasteiger charge is 2.38. The first-order chi connectivity index (χ1) is 21.3. The Labute approximate surface area is 257 Å². The van der Waals surface area contributed by atoms with Crippen molar-refractivity contribution in [2.24, 2.45) is 0 Å². The van der Waals surface area contributed by atoms with Crippen LogP contribution in [0.2, 0.25) is 0 Å². The van der Waals surface area contributed by atoms with Gasteiger partial charge >= 0.3 is 12.1 Å². The largest absolute Gasteiger partial charge is 0.491 e. The van der Waals surface area contributed by atoms with Crippen LogP contribution in [0, 0.1) is 6.92 Å². The average Bonchev–Trinajstić information content (AvgIpc) is 3.67. The monoisotopic (exact) mass is 613 g/mol. The normalized spacial score (nSPS) is 14.7. The number of carbonyl (C=O) groups excluding carboxylic acids is 1. The minimum atomic E-state index is -4.66. The summed E-state index contributed by atoms with van der Waals surface area (Å²) in [7, 11) is 0. The fourth-order valence-corrected chi connectivity index (χ4v) is 5.76. The number of halogens is 3. The Morgan fingerprint density at radius 1 is 0.911 bits per heavy atom. The molecule has 6 rings (SSSR count). The number of aryl methyl sites for hydroxylation is 1. The molecule has 45 heavy (non-hydrogen) atoms. The number of fused-ring (bicyclic) bond motifs is 2. The Morgan fingerprint density at radius 3 is 2.40 bits per heavy atom. The van der Waals surface area contributed by atoms with E-state index in [0.29, 0.717) is 22.4 Å². The van der Waals surface area contributed by atoms with Crippen molar-refractivity contribution in [1.82, 2.24) is 4.90 Å². The first kappa shape index (κ1) is 30.0. The molecule has 4 aromatic carbocycles. The number of aliphatic carboxylic acids is 1. The molecule has 0 saturated heterocycles. The smallest absolute Gasteiger partial charge is 0.449 e. The molecule has 0 bridgehead atoms. The van der Waals surface area contributed by atoms with E-state index in [1.807, 2.05) is 73.7 Å². The number of alkyl halides is 3. The van der Waals surface area contributed by atoms with Crippen molar-refractivity contribution >= 4 is 22.6 Å². The highest BCUT2D eigenvalue weighted by atomic mass is 19.4. The van der Waals surface area contributed by atoms with Gasteiger partial charge in [-0.05, 0) is 72.0 Å². The van der Waals surface area contributed by atoms with Crippen molar-refractivity contribution in [2.45, 2.75) is 44.9 Å². The van der Waals surface area contributed by atoms with Gasteiger partial charge in [0, 0.05) is 5.56 Å². The van der Waals surface area contributed by atoms with Gasteiger partial charge in [-0.25, -0.2) is 0 Å². The molecule has 6 nitrogen and oxygen atoms in total. The summed E-state index contributed by atoms with van der Waals surface area (Å²) in [5, 5.41) is 11.3. The van der Waals surface area contributed by atoms with Gasteiger partial charge in [-0.1, -0.05) is 72.8 Å². The molecule has 1 aromatic heterocycles. The topological polar surface area (TPSA) is 80.0 Å². The van der Waals surface area contributed by atoms with E-state index in [1.165, 1.54) is 11.0 Å². The highest BCUT2D eigenvalue weighted by Crippen LogP contribution is 2.42. The van der Waals surface area contributed by atoms with Crippen molar-refractivity contribution in [3.05, 3.63) is 125 Å². The van der Waals surface area contributed by atoms with Crippen LogP contribution in [0.3, 0.4) is 0 Å². The van der Waals surface area contributed by atoms with E-state index < -0.39 is 29.4 Å². The maximum absolute atomic E-state index is 14.4. The Bertz CT molecular complexity index is 1940. The summed E-state index contributed by atoms with van der Waals surface area (Å²) in [5.41, 5.74) is 3.04. The summed E-state index contributed by atoms with van der Waals surface area (Å²) in [5.74, 6) is -1.90. The quantitative estimate of drug-likeness (QED) is 0.199. The standard InChI is InChI=1S/C36H30F3NO5/c1-21-11-12-22-7-4-5-10-27(22)32(21)33(41)40(19-26-14-16-31(45-26)36(37,38)39)29-20-44-30-18-24(13-15-28(29)30)23-8-6-9-25(17-23)35(2,3)34(42)43/h4-18,29H,19-20H2,1-3H3,(H,42,43). The van der Waals surface area contributed by atoms with Crippen LogP contribution in [-0.2, 0) is 22.9 Å². The Kier molecular flexibility index (Phi) is 7.43. The molecule has 0 aliphatic carbocycles. The van der Waals surface area contributed by atoms with E-state index in [9.17, 15) is 27.9 Å². The molecule has 1 unspecified atom stereocenters. The Morgan fingerprint density at radius 2 is 1.67 bits per heavy atom. The summed E-state index contributed by atoms with van der Waals surface area (Å²) in [6.45, 7) is 5.00. The summed E-state index contributed by atoms with van der Waals surface area (Å²) in [6, 6.07) is 25.6. The van der Waals surface area contributed by atoms with Crippen molar-refractivity contribution in [2.75, 3.05) is 6.61 Å². The first-order valence-electron chi connectivity index (χ1n) is 14.4. The zero-order chi connectivity index (χ0) is 32.1. The third-order valence-corrected chi connectivity index (χ3v) is 8.48. The van der Waals surface area contributed by atoms with Crippen LogP contribution >= 0.6 is 0 Å². The van der Waals surface area contributed by atoms with E-state index in [2.05, 4.69) is 0 Å². The van der Waals surface area contributed by atoms with Gasteiger partial charge < -0.3 is 19.2 Å². The fraction of sp³-hybridized carbons (Fsp3) is 0.222. The number of rotatable bonds is 7. The van der Waals surface area contributed by atoms with Gasteiger partial charge in [0.05, 0.1) is 23.6 Å². The minimum Gasteiger partial charge on any atom is -0.491 e. The summed E-state index contributed by atoms with van der Waals surface area (Å²) >= 11 is 0. The van der Waals surface area contributed by atoms with Gasteiger partial charge in [-0.3, -0.25) is 9.59 Å². The molecule has 1 aliphatic rings. The van der Waals surface area contributed by atoms with Crippen LogP contribution in [-0.4, -0.2) is 28.5 Å². The zero-order valence-electron chi connectivity index (χ0n) is 24.8. The second kappa shape index (κ2) is 11.1. The third-order valence-electron chi connectivity index (χ3n) is 8.48. The lowest BCUT2D eigenvalue weighted by molar-refractivity contribution is -0.153. The van der Waals surface area contributed by atoms with Crippen LogP contribution in [0.5, 0.6) is 5.75 Å². The number of hydrogen-bond donors (Lipinski definition) is 1. The second-order valence-corrected chi connectivity index (χ2v) is 11.8. The molecule has 1 atom stereocenters. The first-order valence-corrected chi connectivity index (χ1v) is 14.4. The molecule has 9 heteroatoms. The number of nitrogens with zero attached hydrogens (tertiary/aromatic N) is 1. The molecule has 230 valence electrons. The molecule has 0 fully saturated rings. The van der Waals surface area contributed by atoms with Crippen LogP contribution in [0.25, 0.3) is 21.9 Å². The molecule has 0 radical (unpaired) electrons. The lowest BCUT2D eigenvalue weighted by Crippen LogP contribution is -2.35. The fourth-order valence-electron chi connectivity index (χ4n) is 5.76. The number of ether oxygens (including phenoxy) is 1. The van der Waals surface area contributed by atoms with Gasteiger partial charge in [-0.15, -0.1) is 0 Å². The second-order valence-electron chi connectivity index (χ2n) is 11.8. The van der Waals surface area contributed by atoms with Gasteiger partial charge in [0.25, 0.3) is 5.91 Å². The number of hydrogen-bond acceptors (Lipinski definition) is 4. The van der Waals surface area contributed by atoms with E-state index in [4.69, 9.17) is 9.15 Å². The van der Waals surface area contributed by atoms with Gasteiger partial charge in [0.1, 0.15) is 18.1 Å².